The quantitative estimate of drug-likeness (QED) is 0.846. The third kappa shape index (κ3) is 4.55. The van der Waals surface area contributed by atoms with Crippen LogP contribution in [0, 0.1) is 5.82 Å². The molecule has 0 unspecified atom stereocenters. The number of hydrogen-bond donors (Lipinski definition) is 1. The first-order valence-electron chi connectivity index (χ1n) is 6.91. The van der Waals surface area contributed by atoms with Crippen LogP contribution in [0.3, 0.4) is 0 Å². The molecule has 0 spiro atoms. The maximum Gasteiger partial charge on any atom is 0.166 e. The normalized spacial score (nSPS) is 10.6. The van der Waals surface area contributed by atoms with Crippen LogP contribution in [0.4, 0.5) is 4.39 Å². The van der Waals surface area contributed by atoms with Crippen LogP contribution in [0.5, 0.6) is 11.5 Å². The van der Waals surface area contributed by atoms with E-state index in [1.807, 2.05) is 37.4 Å². The minimum atomic E-state index is -0.355. The predicted molar refractivity (Wildman–Crippen MR) is 81.3 cm³/mol. The summed E-state index contributed by atoms with van der Waals surface area (Å²) in [5.74, 6) is 0.502. The van der Waals surface area contributed by atoms with Gasteiger partial charge in [-0.3, -0.25) is 0 Å². The Morgan fingerprint density at radius 1 is 1.05 bits per heavy atom. The summed E-state index contributed by atoms with van der Waals surface area (Å²) in [5, 5.41) is 2.99. The van der Waals surface area contributed by atoms with Gasteiger partial charge in [0, 0.05) is 13.7 Å². The summed E-state index contributed by atoms with van der Waals surface area (Å²) in [4.78, 5) is 0. The molecule has 0 aliphatic carbocycles. The van der Waals surface area contributed by atoms with Crippen molar-refractivity contribution in [2.24, 2.45) is 0 Å². The fourth-order valence-electron chi connectivity index (χ4n) is 2.01. The van der Waals surface area contributed by atoms with Gasteiger partial charge < -0.3 is 14.8 Å². The molecule has 0 amide bonds. The number of halogens is 1. The Morgan fingerprint density at radius 2 is 1.76 bits per heavy atom. The second-order valence-electron chi connectivity index (χ2n) is 4.78. The highest BCUT2D eigenvalue weighted by Crippen LogP contribution is 2.25. The highest BCUT2D eigenvalue weighted by Gasteiger charge is 2.06. The minimum absolute atomic E-state index is 0.236. The summed E-state index contributed by atoms with van der Waals surface area (Å²) in [7, 11) is 3.51. The van der Waals surface area contributed by atoms with Gasteiger partial charge in [0.25, 0.3) is 0 Å². The maximum atomic E-state index is 13.9. The second kappa shape index (κ2) is 7.76. The third-order valence-electron chi connectivity index (χ3n) is 3.12. The Kier molecular flexibility index (Phi) is 5.72. The Balaban J connectivity index is 2.04. The lowest BCUT2D eigenvalue weighted by Crippen LogP contribution is -2.05. The van der Waals surface area contributed by atoms with Gasteiger partial charge in [-0.2, -0.15) is 0 Å². The number of benzene rings is 2. The van der Waals surface area contributed by atoms with E-state index in [1.165, 1.54) is 6.07 Å². The van der Waals surface area contributed by atoms with Crippen molar-refractivity contribution in [3.05, 3.63) is 59.4 Å². The monoisotopic (exact) mass is 289 g/mol. The summed E-state index contributed by atoms with van der Waals surface area (Å²) < 4.78 is 24.5. The average molecular weight is 289 g/mol. The van der Waals surface area contributed by atoms with Gasteiger partial charge in [-0.25, -0.2) is 4.39 Å². The van der Waals surface area contributed by atoms with E-state index in [9.17, 15) is 4.39 Å². The van der Waals surface area contributed by atoms with Gasteiger partial charge >= 0.3 is 0 Å². The molecule has 0 heterocycles. The zero-order chi connectivity index (χ0) is 15.1. The molecular formula is C17H20FNO2. The van der Waals surface area contributed by atoms with Gasteiger partial charge in [0.15, 0.2) is 11.6 Å². The van der Waals surface area contributed by atoms with Gasteiger partial charge in [0.2, 0.25) is 0 Å². The van der Waals surface area contributed by atoms with Crippen LogP contribution in [0.1, 0.15) is 11.1 Å². The zero-order valence-electron chi connectivity index (χ0n) is 12.4. The Hall–Kier alpha value is -1.91. The molecule has 0 aromatic heterocycles. The Bertz CT molecular complexity index is 570. The SMILES string of the molecule is CNCc1ccc(Oc2ccc(CCOC)cc2)c(F)c1. The summed E-state index contributed by atoms with van der Waals surface area (Å²) >= 11 is 0. The van der Waals surface area contributed by atoms with E-state index < -0.39 is 0 Å². The molecule has 0 fully saturated rings. The third-order valence-corrected chi connectivity index (χ3v) is 3.12. The smallest absolute Gasteiger partial charge is 0.166 e. The van der Waals surface area contributed by atoms with Gasteiger partial charge in [-0.1, -0.05) is 18.2 Å². The molecule has 0 radical (unpaired) electrons. The van der Waals surface area contributed by atoms with Crippen LogP contribution in [0.25, 0.3) is 0 Å². The molecule has 1 N–H and O–H groups in total. The van der Waals surface area contributed by atoms with Crippen molar-refractivity contribution in [1.29, 1.82) is 0 Å². The molecule has 0 saturated heterocycles. The molecule has 0 aliphatic heterocycles. The number of hydrogen-bond acceptors (Lipinski definition) is 3. The highest BCUT2D eigenvalue weighted by molar-refractivity contribution is 5.35. The molecule has 4 heteroatoms. The lowest BCUT2D eigenvalue weighted by molar-refractivity contribution is 0.202. The molecule has 2 aromatic carbocycles. The van der Waals surface area contributed by atoms with Crippen molar-refractivity contribution in [2.75, 3.05) is 20.8 Å². The molecule has 2 rings (SSSR count). The van der Waals surface area contributed by atoms with Crippen molar-refractivity contribution in [1.82, 2.24) is 5.32 Å². The fraction of sp³-hybridized carbons (Fsp3) is 0.294. The molecule has 2 aromatic rings. The van der Waals surface area contributed by atoms with E-state index in [2.05, 4.69) is 5.32 Å². The Labute approximate surface area is 124 Å². The largest absolute Gasteiger partial charge is 0.454 e. The van der Waals surface area contributed by atoms with E-state index in [0.29, 0.717) is 18.9 Å². The van der Waals surface area contributed by atoms with Gasteiger partial charge in [0.05, 0.1) is 6.61 Å². The molecule has 0 saturated carbocycles. The summed E-state index contributed by atoms with van der Waals surface area (Å²) in [6.45, 7) is 1.31. The number of rotatable bonds is 7. The molecule has 0 aliphatic rings. The molecule has 21 heavy (non-hydrogen) atoms. The van der Waals surface area contributed by atoms with Crippen LogP contribution in [-0.4, -0.2) is 20.8 Å². The van der Waals surface area contributed by atoms with Gasteiger partial charge in [0.1, 0.15) is 5.75 Å². The summed E-state index contributed by atoms with van der Waals surface area (Å²) in [6, 6.07) is 12.6. The molecule has 112 valence electrons. The molecule has 0 atom stereocenters. The molecular weight excluding hydrogens is 269 g/mol. The number of methoxy groups -OCH3 is 1. The van der Waals surface area contributed by atoms with Crippen molar-refractivity contribution in [3.8, 4) is 11.5 Å². The summed E-state index contributed by atoms with van der Waals surface area (Å²) in [5.41, 5.74) is 2.05. The fourth-order valence-corrected chi connectivity index (χ4v) is 2.01. The number of ether oxygens (including phenoxy) is 2. The molecule has 0 bridgehead atoms. The van der Waals surface area contributed by atoms with E-state index in [1.54, 1.807) is 13.2 Å². The van der Waals surface area contributed by atoms with E-state index in [0.717, 1.165) is 17.5 Å². The van der Waals surface area contributed by atoms with Crippen LogP contribution >= 0.6 is 0 Å². The van der Waals surface area contributed by atoms with Gasteiger partial charge in [-0.15, -0.1) is 0 Å². The maximum absolute atomic E-state index is 13.9. The van der Waals surface area contributed by atoms with Crippen molar-refractivity contribution in [3.63, 3.8) is 0 Å². The molecule has 3 nitrogen and oxygen atoms in total. The predicted octanol–water partition coefficient (Wildman–Crippen LogP) is 3.53. The Morgan fingerprint density at radius 3 is 2.38 bits per heavy atom. The summed E-state index contributed by atoms with van der Waals surface area (Å²) in [6.07, 6.45) is 0.851. The minimum Gasteiger partial charge on any atom is -0.454 e. The van der Waals surface area contributed by atoms with E-state index in [4.69, 9.17) is 9.47 Å². The first-order chi connectivity index (χ1) is 10.2. The first kappa shape index (κ1) is 15.5. The van der Waals surface area contributed by atoms with Crippen LogP contribution in [-0.2, 0) is 17.7 Å². The standard InChI is InChI=1S/C17H20FNO2/c1-19-12-14-5-8-17(16(18)11-14)21-15-6-3-13(4-7-15)9-10-20-2/h3-8,11,19H,9-10,12H2,1-2H3. The van der Waals surface area contributed by atoms with E-state index in [-0.39, 0.29) is 11.6 Å². The zero-order valence-corrected chi connectivity index (χ0v) is 12.4. The average Bonchev–Trinajstić information content (AvgIpc) is 2.49. The van der Waals surface area contributed by atoms with Crippen LogP contribution in [0.2, 0.25) is 0 Å². The van der Waals surface area contributed by atoms with Crippen LogP contribution < -0.4 is 10.1 Å². The lowest BCUT2D eigenvalue weighted by Gasteiger charge is -2.09. The van der Waals surface area contributed by atoms with Crippen LogP contribution in [0.15, 0.2) is 42.5 Å². The first-order valence-corrected chi connectivity index (χ1v) is 6.91. The van der Waals surface area contributed by atoms with Crippen molar-refractivity contribution in [2.45, 2.75) is 13.0 Å². The highest BCUT2D eigenvalue weighted by atomic mass is 19.1. The number of nitrogens with one attached hydrogen (secondary N) is 1. The van der Waals surface area contributed by atoms with Crippen molar-refractivity contribution >= 4 is 0 Å². The van der Waals surface area contributed by atoms with E-state index >= 15 is 0 Å². The second-order valence-corrected chi connectivity index (χ2v) is 4.78. The topological polar surface area (TPSA) is 30.5 Å². The van der Waals surface area contributed by atoms with Gasteiger partial charge in [-0.05, 0) is 48.9 Å². The lowest BCUT2D eigenvalue weighted by atomic mass is 10.1. The van der Waals surface area contributed by atoms with Crippen molar-refractivity contribution < 1.29 is 13.9 Å².